The van der Waals surface area contributed by atoms with Gasteiger partial charge in [-0.05, 0) is 0 Å². The smallest absolute Gasteiger partial charge is 0.166 e. The van der Waals surface area contributed by atoms with Crippen LogP contribution in [0.1, 0.15) is 0 Å². The predicted molar refractivity (Wildman–Crippen MR) is 36.9 cm³/mol. The molecular weight excluding hydrogens is 132 g/mol. The van der Waals surface area contributed by atoms with Crippen molar-refractivity contribution in [1.82, 2.24) is 4.98 Å². The molecule has 0 amide bonds. The molecule has 1 aromatic rings. The quantitative estimate of drug-likeness (QED) is 0.591. The van der Waals surface area contributed by atoms with Gasteiger partial charge in [-0.15, -0.1) is 0 Å². The number of rotatable bonds is 1. The average molecular weight is 140 g/mol. The summed E-state index contributed by atoms with van der Waals surface area (Å²) in [6.07, 6.45) is 1.44. The minimum Gasteiger partial charge on any atom is -0.504 e. The van der Waals surface area contributed by atoms with Gasteiger partial charge in [-0.25, -0.2) is 4.98 Å². The van der Waals surface area contributed by atoms with Gasteiger partial charge in [0.2, 0.25) is 0 Å². The van der Waals surface area contributed by atoms with Crippen molar-refractivity contribution in [3.63, 3.8) is 0 Å². The van der Waals surface area contributed by atoms with Gasteiger partial charge in [0, 0.05) is 6.07 Å². The first-order valence-corrected chi connectivity index (χ1v) is 2.72. The fourth-order valence-electron chi connectivity index (χ4n) is 0.557. The summed E-state index contributed by atoms with van der Waals surface area (Å²) in [5, 5.41) is 8.96. The van der Waals surface area contributed by atoms with Gasteiger partial charge < -0.3 is 15.6 Å². The second-order valence-corrected chi connectivity index (χ2v) is 1.78. The van der Waals surface area contributed by atoms with Gasteiger partial charge in [0.25, 0.3) is 0 Å². The van der Waals surface area contributed by atoms with Crippen molar-refractivity contribution in [2.75, 3.05) is 12.8 Å². The Morgan fingerprint density at radius 2 is 2.40 bits per heavy atom. The SMILES string of the molecule is COc1cnc(N)c(O)c1. The zero-order valence-corrected chi connectivity index (χ0v) is 5.53. The Balaban J connectivity index is 3.04. The minimum atomic E-state index is -0.0562. The fourth-order valence-corrected chi connectivity index (χ4v) is 0.557. The fraction of sp³-hybridized carbons (Fsp3) is 0.167. The highest BCUT2D eigenvalue weighted by atomic mass is 16.5. The number of nitrogen functional groups attached to an aromatic ring is 1. The standard InChI is InChI=1S/C6H8N2O2/c1-10-4-2-5(9)6(7)8-3-4/h2-3,9H,1H3,(H2,7,8). The van der Waals surface area contributed by atoms with E-state index in [1.807, 2.05) is 0 Å². The first kappa shape index (κ1) is 6.67. The van der Waals surface area contributed by atoms with E-state index in [1.54, 1.807) is 0 Å². The van der Waals surface area contributed by atoms with Crippen molar-refractivity contribution >= 4 is 5.82 Å². The predicted octanol–water partition coefficient (Wildman–Crippen LogP) is 0.378. The lowest BCUT2D eigenvalue weighted by Gasteiger charge is -2.00. The lowest BCUT2D eigenvalue weighted by molar-refractivity contribution is 0.405. The Bertz CT molecular complexity index is 237. The molecule has 0 aromatic carbocycles. The number of methoxy groups -OCH3 is 1. The molecule has 1 heterocycles. The minimum absolute atomic E-state index is 0.0562. The number of nitrogens with zero attached hydrogens (tertiary/aromatic N) is 1. The summed E-state index contributed by atoms with van der Waals surface area (Å²) in [6, 6.07) is 1.41. The lowest BCUT2D eigenvalue weighted by Crippen LogP contribution is -1.91. The normalized spacial score (nSPS) is 9.30. The largest absolute Gasteiger partial charge is 0.504 e. The number of aromatic hydroxyl groups is 1. The molecule has 1 rings (SSSR count). The maximum absolute atomic E-state index is 8.96. The molecule has 3 N–H and O–H groups in total. The third kappa shape index (κ3) is 1.10. The van der Waals surface area contributed by atoms with Gasteiger partial charge in [-0.3, -0.25) is 0 Å². The molecule has 0 saturated heterocycles. The number of anilines is 1. The number of hydrogen-bond donors (Lipinski definition) is 2. The van der Waals surface area contributed by atoms with Crippen LogP contribution in [0, 0.1) is 0 Å². The van der Waals surface area contributed by atoms with Crippen LogP contribution in [0.15, 0.2) is 12.3 Å². The van der Waals surface area contributed by atoms with E-state index in [2.05, 4.69) is 4.98 Å². The number of hydrogen-bond acceptors (Lipinski definition) is 4. The molecule has 0 aliphatic rings. The number of aromatic nitrogens is 1. The number of pyridine rings is 1. The first-order chi connectivity index (χ1) is 4.74. The first-order valence-electron chi connectivity index (χ1n) is 2.72. The summed E-state index contributed by atoms with van der Waals surface area (Å²) in [5.41, 5.74) is 5.23. The van der Waals surface area contributed by atoms with E-state index in [-0.39, 0.29) is 11.6 Å². The molecule has 54 valence electrons. The van der Waals surface area contributed by atoms with Crippen LogP contribution in [0.2, 0.25) is 0 Å². The molecule has 0 unspecified atom stereocenters. The molecule has 0 atom stereocenters. The number of ether oxygens (including phenoxy) is 1. The van der Waals surface area contributed by atoms with Crippen molar-refractivity contribution in [2.45, 2.75) is 0 Å². The molecule has 0 bridgehead atoms. The van der Waals surface area contributed by atoms with Gasteiger partial charge in [0.15, 0.2) is 11.6 Å². The zero-order valence-electron chi connectivity index (χ0n) is 5.53. The van der Waals surface area contributed by atoms with E-state index in [0.717, 1.165) is 0 Å². The van der Waals surface area contributed by atoms with Gasteiger partial charge in [0.1, 0.15) is 5.75 Å². The summed E-state index contributed by atoms with van der Waals surface area (Å²) in [7, 11) is 1.49. The summed E-state index contributed by atoms with van der Waals surface area (Å²) in [6.45, 7) is 0. The van der Waals surface area contributed by atoms with Crippen LogP contribution in [-0.2, 0) is 0 Å². The van der Waals surface area contributed by atoms with Gasteiger partial charge >= 0.3 is 0 Å². The molecular formula is C6H8N2O2. The van der Waals surface area contributed by atoms with Gasteiger partial charge in [-0.2, -0.15) is 0 Å². The molecule has 0 spiro atoms. The maximum Gasteiger partial charge on any atom is 0.166 e. The Kier molecular flexibility index (Phi) is 1.62. The third-order valence-corrected chi connectivity index (χ3v) is 1.11. The molecule has 1 aromatic heterocycles. The second kappa shape index (κ2) is 2.43. The molecule has 4 heteroatoms. The molecule has 0 saturated carbocycles. The summed E-state index contributed by atoms with van der Waals surface area (Å²) in [4.78, 5) is 3.65. The van der Waals surface area contributed by atoms with Crippen molar-refractivity contribution < 1.29 is 9.84 Å². The van der Waals surface area contributed by atoms with E-state index in [4.69, 9.17) is 15.6 Å². The monoisotopic (exact) mass is 140 g/mol. The Labute approximate surface area is 58.3 Å². The molecule has 0 radical (unpaired) electrons. The van der Waals surface area contributed by atoms with Crippen molar-refractivity contribution in [3.05, 3.63) is 12.3 Å². The van der Waals surface area contributed by atoms with E-state index in [9.17, 15) is 0 Å². The molecule has 0 aliphatic heterocycles. The van der Waals surface area contributed by atoms with Crippen LogP contribution in [0.25, 0.3) is 0 Å². The topological polar surface area (TPSA) is 68.4 Å². The zero-order chi connectivity index (χ0) is 7.56. The Hall–Kier alpha value is -1.45. The van der Waals surface area contributed by atoms with Crippen molar-refractivity contribution in [3.8, 4) is 11.5 Å². The summed E-state index contributed by atoms with van der Waals surface area (Å²) >= 11 is 0. The second-order valence-electron chi connectivity index (χ2n) is 1.78. The van der Waals surface area contributed by atoms with Gasteiger partial charge in [-0.1, -0.05) is 0 Å². The summed E-state index contributed by atoms with van der Waals surface area (Å²) < 4.78 is 4.77. The van der Waals surface area contributed by atoms with Crippen LogP contribution >= 0.6 is 0 Å². The molecule has 4 nitrogen and oxygen atoms in total. The van der Waals surface area contributed by atoms with E-state index < -0.39 is 0 Å². The van der Waals surface area contributed by atoms with Crippen molar-refractivity contribution in [1.29, 1.82) is 0 Å². The Morgan fingerprint density at radius 3 is 2.90 bits per heavy atom. The van der Waals surface area contributed by atoms with Gasteiger partial charge in [0.05, 0.1) is 13.3 Å². The average Bonchev–Trinajstić information content (AvgIpc) is 1.95. The summed E-state index contributed by atoms with van der Waals surface area (Å²) in [5.74, 6) is 0.548. The lowest BCUT2D eigenvalue weighted by atomic mass is 10.4. The van der Waals surface area contributed by atoms with Crippen LogP contribution < -0.4 is 10.5 Å². The maximum atomic E-state index is 8.96. The highest BCUT2D eigenvalue weighted by Gasteiger charge is 1.98. The highest BCUT2D eigenvalue weighted by molar-refractivity contribution is 5.47. The van der Waals surface area contributed by atoms with Crippen LogP contribution in [0.4, 0.5) is 5.82 Å². The Morgan fingerprint density at radius 1 is 1.70 bits per heavy atom. The highest BCUT2D eigenvalue weighted by Crippen LogP contribution is 2.21. The molecule has 0 aliphatic carbocycles. The molecule has 0 fully saturated rings. The third-order valence-electron chi connectivity index (χ3n) is 1.11. The number of nitrogens with two attached hydrogens (primary N) is 1. The molecule has 10 heavy (non-hydrogen) atoms. The van der Waals surface area contributed by atoms with E-state index in [0.29, 0.717) is 5.75 Å². The van der Waals surface area contributed by atoms with E-state index in [1.165, 1.54) is 19.4 Å². The van der Waals surface area contributed by atoms with Crippen LogP contribution in [0.3, 0.4) is 0 Å². The van der Waals surface area contributed by atoms with Crippen LogP contribution in [-0.4, -0.2) is 17.2 Å². The van der Waals surface area contributed by atoms with Crippen LogP contribution in [0.5, 0.6) is 11.5 Å². The van der Waals surface area contributed by atoms with E-state index >= 15 is 0 Å². The van der Waals surface area contributed by atoms with Crippen molar-refractivity contribution in [2.24, 2.45) is 0 Å².